The Balaban J connectivity index is 1.21. The maximum absolute atomic E-state index is 12.4. The van der Waals surface area contributed by atoms with Gasteiger partial charge in [-0.15, -0.1) is 11.3 Å². The number of ether oxygens (including phenoxy) is 2. The fraction of sp³-hybridized carbons (Fsp3) is 0.231. The van der Waals surface area contributed by atoms with Crippen molar-refractivity contribution in [3.8, 4) is 5.75 Å². The van der Waals surface area contributed by atoms with E-state index in [1.54, 1.807) is 29.6 Å². The first-order chi connectivity index (χ1) is 17.0. The molecule has 0 fully saturated rings. The Hall–Kier alpha value is -3.98. The normalized spacial score (nSPS) is 10.7. The number of hydrogen-bond acceptors (Lipinski definition) is 8. The molecule has 0 aliphatic heterocycles. The van der Waals surface area contributed by atoms with Crippen LogP contribution in [0.4, 0.5) is 0 Å². The molecule has 8 nitrogen and oxygen atoms in total. The summed E-state index contributed by atoms with van der Waals surface area (Å²) in [6.45, 7) is 4.54. The molecule has 1 amide bonds. The molecule has 2 heterocycles. The van der Waals surface area contributed by atoms with E-state index in [0.29, 0.717) is 35.2 Å². The zero-order chi connectivity index (χ0) is 24.6. The number of rotatable bonds is 10. The van der Waals surface area contributed by atoms with Gasteiger partial charge >= 0.3 is 5.97 Å². The molecule has 9 heteroatoms. The summed E-state index contributed by atoms with van der Waals surface area (Å²) in [6.07, 6.45) is 0.181. The molecule has 0 unspecified atom stereocenters. The predicted molar refractivity (Wildman–Crippen MR) is 130 cm³/mol. The van der Waals surface area contributed by atoms with Gasteiger partial charge in [-0.25, -0.2) is 9.78 Å². The molecular formula is C26H25N3O5S. The lowest BCUT2D eigenvalue weighted by Gasteiger charge is -2.07. The fourth-order valence-corrected chi connectivity index (χ4v) is 4.04. The molecule has 2 aromatic heterocycles. The standard InChI is InChI=1S/C26H25N3O5S/c1-17-23(18(2)34-29-17)15-32-22-10-8-20(9-11-22)26(31)33-14-21-16-35-25(28-21)12-24(30)27-13-19-6-4-3-5-7-19/h3-11,16H,12-15H2,1-2H3,(H,27,30). The van der Waals surface area contributed by atoms with Crippen molar-refractivity contribution in [2.75, 3.05) is 0 Å². The van der Waals surface area contributed by atoms with Crippen molar-refractivity contribution in [1.29, 1.82) is 0 Å². The number of thiazole rings is 1. The zero-order valence-corrected chi connectivity index (χ0v) is 20.3. The first-order valence-electron chi connectivity index (χ1n) is 11.0. The number of nitrogens with one attached hydrogen (secondary N) is 1. The average Bonchev–Trinajstić information content (AvgIpc) is 3.46. The molecular weight excluding hydrogens is 466 g/mol. The van der Waals surface area contributed by atoms with Gasteiger partial charge in [0.1, 0.15) is 29.7 Å². The van der Waals surface area contributed by atoms with E-state index in [4.69, 9.17) is 14.0 Å². The van der Waals surface area contributed by atoms with Crippen molar-refractivity contribution in [3.63, 3.8) is 0 Å². The van der Waals surface area contributed by atoms with Gasteiger partial charge in [0, 0.05) is 11.9 Å². The van der Waals surface area contributed by atoms with E-state index in [1.807, 2.05) is 44.2 Å². The summed E-state index contributed by atoms with van der Waals surface area (Å²) in [5, 5.41) is 9.24. The van der Waals surface area contributed by atoms with Crippen LogP contribution in [0.3, 0.4) is 0 Å². The molecule has 0 atom stereocenters. The average molecular weight is 492 g/mol. The molecule has 0 saturated carbocycles. The summed E-state index contributed by atoms with van der Waals surface area (Å²) < 4.78 is 16.3. The molecule has 1 N–H and O–H groups in total. The summed E-state index contributed by atoms with van der Waals surface area (Å²) in [7, 11) is 0. The quantitative estimate of drug-likeness (QED) is 0.325. The first-order valence-corrected chi connectivity index (χ1v) is 11.9. The van der Waals surface area contributed by atoms with Crippen LogP contribution in [0.15, 0.2) is 64.5 Å². The Morgan fingerprint density at radius 1 is 1.03 bits per heavy atom. The van der Waals surface area contributed by atoms with Crippen molar-refractivity contribution >= 4 is 23.2 Å². The molecule has 0 bridgehead atoms. The van der Waals surface area contributed by atoms with E-state index in [9.17, 15) is 9.59 Å². The van der Waals surface area contributed by atoms with Gasteiger partial charge in [-0.3, -0.25) is 4.79 Å². The van der Waals surface area contributed by atoms with E-state index in [-0.39, 0.29) is 18.9 Å². The van der Waals surface area contributed by atoms with Crippen molar-refractivity contribution in [1.82, 2.24) is 15.5 Å². The Labute approximate surface area is 206 Å². The van der Waals surface area contributed by atoms with Crippen molar-refractivity contribution in [2.24, 2.45) is 0 Å². The third-order valence-corrected chi connectivity index (χ3v) is 6.15. The minimum absolute atomic E-state index is 0.0330. The highest BCUT2D eigenvalue weighted by Gasteiger charge is 2.13. The maximum atomic E-state index is 12.4. The molecule has 2 aromatic carbocycles. The molecule has 180 valence electrons. The fourth-order valence-electron chi connectivity index (χ4n) is 3.27. The number of carbonyl (C=O) groups is 2. The van der Waals surface area contributed by atoms with Crippen molar-refractivity contribution in [3.05, 3.63) is 98.8 Å². The van der Waals surface area contributed by atoms with Crippen LogP contribution in [-0.2, 0) is 35.7 Å². The molecule has 0 spiro atoms. The van der Waals surface area contributed by atoms with E-state index in [1.165, 1.54) is 11.3 Å². The number of carbonyl (C=O) groups excluding carboxylic acids is 2. The minimum atomic E-state index is -0.461. The highest BCUT2D eigenvalue weighted by Crippen LogP contribution is 2.19. The zero-order valence-electron chi connectivity index (χ0n) is 19.4. The van der Waals surface area contributed by atoms with Crippen LogP contribution < -0.4 is 10.1 Å². The Morgan fingerprint density at radius 3 is 2.51 bits per heavy atom. The van der Waals surface area contributed by atoms with E-state index >= 15 is 0 Å². The Bertz CT molecular complexity index is 1260. The number of amides is 1. The molecule has 35 heavy (non-hydrogen) atoms. The number of aryl methyl sites for hydroxylation is 2. The number of esters is 1. The van der Waals surface area contributed by atoms with E-state index in [0.717, 1.165) is 22.6 Å². The second-order valence-electron chi connectivity index (χ2n) is 7.86. The second kappa shape index (κ2) is 11.4. The summed E-state index contributed by atoms with van der Waals surface area (Å²) >= 11 is 1.36. The van der Waals surface area contributed by atoms with Gasteiger partial charge in [-0.05, 0) is 43.7 Å². The minimum Gasteiger partial charge on any atom is -0.489 e. The predicted octanol–water partition coefficient (Wildman–Crippen LogP) is 4.54. The van der Waals surface area contributed by atoms with Gasteiger partial charge in [0.25, 0.3) is 0 Å². The number of aromatic nitrogens is 2. The highest BCUT2D eigenvalue weighted by atomic mass is 32.1. The lowest BCUT2D eigenvalue weighted by Crippen LogP contribution is -2.24. The smallest absolute Gasteiger partial charge is 0.338 e. The molecule has 4 aromatic rings. The van der Waals surface area contributed by atoms with E-state index < -0.39 is 5.97 Å². The van der Waals surface area contributed by atoms with Crippen LogP contribution in [-0.4, -0.2) is 22.0 Å². The van der Waals surface area contributed by atoms with Crippen LogP contribution in [0.5, 0.6) is 5.75 Å². The van der Waals surface area contributed by atoms with Gasteiger partial charge in [-0.2, -0.15) is 0 Å². The van der Waals surface area contributed by atoms with Crippen LogP contribution in [0.1, 0.15) is 43.6 Å². The molecule has 0 radical (unpaired) electrons. The summed E-state index contributed by atoms with van der Waals surface area (Å²) in [5.74, 6) is 0.776. The summed E-state index contributed by atoms with van der Waals surface area (Å²) in [6, 6.07) is 16.4. The van der Waals surface area contributed by atoms with E-state index in [2.05, 4.69) is 15.5 Å². The van der Waals surface area contributed by atoms with Crippen LogP contribution in [0, 0.1) is 13.8 Å². The van der Waals surface area contributed by atoms with Crippen LogP contribution in [0.2, 0.25) is 0 Å². The number of nitrogens with zero attached hydrogens (tertiary/aromatic N) is 2. The Morgan fingerprint density at radius 2 is 1.80 bits per heavy atom. The third-order valence-electron chi connectivity index (χ3n) is 5.25. The van der Waals surface area contributed by atoms with Crippen molar-refractivity contribution < 1.29 is 23.6 Å². The maximum Gasteiger partial charge on any atom is 0.338 e. The van der Waals surface area contributed by atoms with Gasteiger partial charge in [0.2, 0.25) is 5.91 Å². The van der Waals surface area contributed by atoms with Crippen LogP contribution >= 0.6 is 11.3 Å². The first kappa shape index (κ1) is 24.2. The van der Waals surface area contributed by atoms with Gasteiger partial charge in [0.15, 0.2) is 0 Å². The highest BCUT2D eigenvalue weighted by molar-refractivity contribution is 7.09. The monoisotopic (exact) mass is 491 g/mol. The van der Waals surface area contributed by atoms with Crippen molar-refractivity contribution in [2.45, 2.75) is 40.0 Å². The summed E-state index contributed by atoms with van der Waals surface area (Å²) in [4.78, 5) is 29.0. The number of benzene rings is 2. The lowest BCUT2D eigenvalue weighted by atomic mass is 10.2. The summed E-state index contributed by atoms with van der Waals surface area (Å²) in [5.41, 5.74) is 3.75. The molecule has 4 rings (SSSR count). The van der Waals surface area contributed by atoms with Gasteiger partial charge < -0.3 is 19.3 Å². The lowest BCUT2D eigenvalue weighted by molar-refractivity contribution is -0.120. The topological polar surface area (TPSA) is 104 Å². The molecule has 0 saturated heterocycles. The second-order valence-corrected chi connectivity index (χ2v) is 8.81. The largest absolute Gasteiger partial charge is 0.489 e. The van der Waals surface area contributed by atoms with Gasteiger partial charge in [-0.1, -0.05) is 35.5 Å². The SMILES string of the molecule is Cc1noc(C)c1COc1ccc(C(=O)OCc2csc(CC(=O)NCc3ccccc3)n2)cc1. The van der Waals surface area contributed by atoms with Crippen LogP contribution in [0.25, 0.3) is 0 Å². The Kier molecular flexibility index (Phi) is 7.89. The third kappa shape index (κ3) is 6.77. The molecule has 0 aliphatic rings. The molecule has 0 aliphatic carbocycles. The number of hydrogen-bond donors (Lipinski definition) is 1. The van der Waals surface area contributed by atoms with Gasteiger partial charge in [0.05, 0.1) is 28.9 Å².